The maximum atomic E-state index is 6.21. The minimum atomic E-state index is 0.568. The van der Waals surface area contributed by atoms with Gasteiger partial charge in [-0.05, 0) is 65.0 Å². The highest BCUT2D eigenvalue weighted by Gasteiger charge is 2.19. The van der Waals surface area contributed by atoms with E-state index in [1.807, 2.05) is 0 Å². The van der Waals surface area contributed by atoms with Crippen LogP contribution < -0.4 is 5.32 Å². The Kier molecular flexibility index (Phi) is 38.5. The fourth-order valence-electron chi connectivity index (χ4n) is 7.67. The van der Waals surface area contributed by atoms with Gasteiger partial charge in [-0.25, -0.2) is 0 Å². The maximum absolute atomic E-state index is 6.21. The average molecular weight is 703 g/mol. The molecule has 2 atom stereocenters. The summed E-state index contributed by atoms with van der Waals surface area (Å²) >= 11 is 0. The average Bonchev–Trinajstić information content (AvgIpc) is 3.12. The van der Waals surface area contributed by atoms with E-state index < -0.39 is 0 Å². The van der Waals surface area contributed by atoms with Gasteiger partial charge in [-0.3, -0.25) is 0 Å². The Balaban J connectivity index is 4.69. The van der Waals surface area contributed by atoms with E-state index in [1.165, 1.54) is 224 Å². The second-order valence-electron chi connectivity index (χ2n) is 15.9. The molecule has 0 spiro atoms. The van der Waals surface area contributed by atoms with Crippen LogP contribution in [-0.2, 0) is 4.74 Å². The van der Waals surface area contributed by atoms with E-state index in [9.17, 15) is 0 Å². The first kappa shape index (κ1) is 49.0. The summed E-state index contributed by atoms with van der Waals surface area (Å²) in [5, 5.41) is 3.40. The minimum absolute atomic E-state index is 0.568. The van der Waals surface area contributed by atoms with Gasteiger partial charge >= 0.3 is 0 Å². The molecule has 0 saturated heterocycles. The fourth-order valence-corrected chi connectivity index (χ4v) is 7.67. The van der Waals surface area contributed by atoms with Crippen LogP contribution in [0, 0.1) is 5.92 Å². The van der Waals surface area contributed by atoms with E-state index in [4.69, 9.17) is 11.3 Å². The van der Waals surface area contributed by atoms with Gasteiger partial charge in [0.2, 0.25) is 0 Å². The lowest BCUT2D eigenvalue weighted by Crippen LogP contribution is -2.36. The van der Waals surface area contributed by atoms with Crippen LogP contribution in [0.4, 0.5) is 0 Å². The van der Waals surface area contributed by atoms with Gasteiger partial charge in [-0.2, -0.15) is 0 Å². The number of nitrogens with zero attached hydrogens (tertiary/aromatic N) is 1. The summed E-state index contributed by atoms with van der Waals surface area (Å²) in [6.07, 6.45) is 44.3. The van der Waals surface area contributed by atoms with Crippen LogP contribution in [0.5, 0.6) is 0 Å². The van der Waals surface area contributed by atoms with Crippen molar-refractivity contribution >= 4 is 0 Å². The summed E-state index contributed by atoms with van der Waals surface area (Å²) in [7, 11) is 2.09. The Morgan fingerprint density at radius 1 is 0.500 bits per heavy atom. The van der Waals surface area contributed by atoms with Gasteiger partial charge in [-0.1, -0.05) is 201 Å². The molecule has 298 valence electrons. The Hall–Kier alpha value is -0.960. The van der Waals surface area contributed by atoms with Gasteiger partial charge in [0.15, 0.2) is 0 Å². The summed E-state index contributed by atoms with van der Waals surface area (Å²) in [6.45, 7) is 21.4. The van der Waals surface area contributed by atoms with Crippen LogP contribution in [0.1, 0.15) is 240 Å². The van der Waals surface area contributed by atoms with Gasteiger partial charge in [-0.15, -0.1) is 0 Å². The summed E-state index contributed by atoms with van der Waals surface area (Å²) < 4.78 is 6.21. The molecule has 3 heteroatoms. The van der Waals surface area contributed by atoms with Crippen molar-refractivity contribution in [3.63, 3.8) is 0 Å². The maximum Gasteiger partial charge on any atom is 0.0918 e. The third-order valence-corrected chi connectivity index (χ3v) is 11.1. The standard InChI is InChI=1S/C47H94N2O/c1-8-12-16-19-21-23-27-32-39-47(49(42-35-41-48-7)44(5)36-30-26-20-17-13-9-2)40-33-28-24-22-25-29-34-43-50-45(6)46(37-15-11-4)38-31-18-14-10-3/h46-48H,5-6,8-43H2,1-4,7H3. The Morgan fingerprint density at radius 3 is 1.44 bits per heavy atom. The Labute approximate surface area is 317 Å². The predicted octanol–water partition coefficient (Wildman–Crippen LogP) is 15.5. The smallest absolute Gasteiger partial charge is 0.0918 e. The number of hydrogen-bond donors (Lipinski definition) is 1. The summed E-state index contributed by atoms with van der Waals surface area (Å²) in [6, 6.07) is 0.678. The van der Waals surface area contributed by atoms with Crippen molar-refractivity contribution in [2.75, 3.05) is 26.7 Å². The molecule has 0 radical (unpaired) electrons. The Bertz CT molecular complexity index is 705. The molecule has 0 heterocycles. The highest BCUT2D eigenvalue weighted by atomic mass is 16.5. The lowest BCUT2D eigenvalue weighted by Gasteiger charge is -2.36. The molecule has 0 bridgehead atoms. The second-order valence-corrected chi connectivity index (χ2v) is 15.9. The van der Waals surface area contributed by atoms with Crippen molar-refractivity contribution in [1.82, 2.24) is 10.2 Å². The third-order valence-electron chi connectivity index (χ3n) is 11.1. The first-order valence-corrected chi connectivity index (χ1v) is 23.0. The molecule has 0 rings (SSSR count). The quantitative estimate of drug-likeness (QED) is 0.0506. The molecule has 0 amide bonds. The molecule has 2 unspecified atom stereocenters. The zero-order valence-electron chi connectivity index (χ0n) is 35.4. The number of hydrogen-bond acceptors (Lipinski definition) is 3. The molecule has 0 aromatic rings. The predicted molar refractivity (Wildman–Crippen MR) is 227 cm³/mol. The molecular formula is C47H94N2O. The highest BCUT2D eigenvalue weighted by Crippen LogP contribution is 2.26. The van der Waals surface area contributed by atoms with E-state index in [1.54, 1.807) is 0 Å². The van der Waals surface area contributed by atoms with Crippen molar-refractivity contribution in [2.45, 2.75) is 246 Å². The van der Waals surface area contributed by atoms with Crippen LogP contribution in [0.15, 0.2) is 24.6 Å². The summed E-state index contributed by atoms with van der Waals surface area (Å²) in [5.41, 5.74) is 1.43. The van der Waals surface area contributed by atoms with Crippen LogP contribution in [-0.4, -0.2) is 37.7 Å². The van der Waals surface area contributed by atoms with Gasteiger partial charge < -0.3 is 15.0 Å². The Morgan fingerprint density at radius 2 is 0.920 bits per heavy atom. The van der Waals surface area contributed by atoms with Crippen molar-refractivity contribution < 1.29 is 4.74 Å². The van der Waals surface area contributed by atoms with E-state index in [0.29, 0.717) is 12.0 Å². The van der Waals surface area contributed by atoms with Crippen LogP contribution >= 0.6 is 0 Å². The lowest BCUT2D eigenvalue weighted by molar-refractivity contribution is 0.164. The van der Waals surface area contributed by atoms with Gasteiger partial charge in [0.25, 0.3) is 0 Å². The number of ether oxygens (including phenoxy) is 1. The largest absolute Gasteiger partial charge is 0.498 e. The van der Waals surface area contributed by atoms with Crippen molar-refractivity contribution in [1.29, 1.82) is 0 Å². The van der Waals surface area contributed by atoms with Crippen molar-refractivity contribution in [3.05, 3.63) is 24.6 Å². The summed E-state index contributed by atoms with van der Waals surface area (Å²) in [5.74, 6) is 1.64. The van der Waals surface area contributed by atoms with E-state index in [-0.39, 0.29) is 0 Å². The van der Waals surface area contributed by atoms with Crippen LogP contribution in [0.2, 0.25) is 0 Å². The monoisotopic (exact) mass is 703 g/mol. The molecule has 0 aliphatic heterocycles. The van der Waals surface area contributed by atoms with Gasteiger partial charge in [0.1, 0.15) is 0 Å². The molecule has 1 N–H and O–H groups in total. The summed E-state index contributed by atoms with van der Waals surface area (Å²) in [4.78, 5) is 2.79. The van der Waals surface area contributed by atoms with Gasteiger partial charge in [0, 0.05) is 24.2 Å². The second kappa shape index (κ2) is 39.3. The first-order valence-electron chi connectivity index (χ1n) is 23.0. The molecule has 3 nitrogen and oxygen atoms in total. The lowest BCUT2D eigenvalue weighted by atomic mass is 9.94. The third kappa shape index (κ3) is 30.6. The number of rotatable bonds is 42. The molecular weight excluding hydrogens is 609 g/mol. The molecule has 0 saturated carbocycles. The van der Waals surface area contributed by atoms with E-state index >= 15 is 0 Å². The number of allylic oxidation sites excluding steroid dienone is 2. The zero-order chi connectivity index (χ0) is 36.8. The highest BCUT2D eigenvalue weighted by molar-refractivity contribution is 4.97. The SMILES string of the molecule is C=C(OCCCCCCCCCC(CCCCCCCCCC)N(CCCNC)C(=C)CCCCCCCC)C(CCCC)CCCCCC. The molecule has 0 aromatic carbocycles. The molecule has 0 fully saturated rings. The van der Waals surface area contributed by atoms with Gasteiger partial charge in [0.05, 0.1) is 12.4 Å². The fraction of sp³-hybridized carbons (Fsp3) is 0.915. The number of unbranched alkanes of at least 4 members (excludes halogenated alkanes) is 22. The normalized spacial score (nSPS) is 12.7. The van der Waals surface area contributed by atoms with Crippen LogP contribution in [0.25, 0.3) is 0 Å². The van der Waals surface area contributed by atoms with E-state index in [0.717, 1.165) is 18.9 Å². The molecule has 0 aromatic heterocycles. The molecule has 0 aliphatic carbocycles. The minimum Gasteiger partial charge on any atom is -0.498 e. The number of nitrogens with one attached hydrogen (secondary N) is 1. The molecule has 0 aliphatic rings. The molecule has 50 heavy (non-hydrogen) atoms. The van der Waals surface area contributed by atoms with Crippen molar-refractivity contribution in [2.24, 2.45) is 5.92 Å². The first-order chi connectivity index (χ1) is 24.5. The topological polar surface area (TPSA) is 24.5 Å². The zero-order valence-corrected chi connectivity index (χ0v) is 35.4. The van der Waals surface area contributed by atoms with E-state index in [2.05, 4.69) is 51.5 Å². The van der Waals surface area contributed by atoms with Crippen LogP contribution in [0.3, 0.4) is 0 Å². The van der Waals surface area contributed by atoms with Crippen molar-refractivity contribution in [3.8, 4) is 0 Å².